The number of nitrogens with one attached hydrogen (secondary N) is 4. The lowest BCUT2D eigenvalue weighted by Crippen LogP contribution is -2.58. The number of carbonyl (C=O) groups is 5. The number of nitrogens with zero attached hydrogens (tertiary/aromatic N) is 1. The number of aliphatic hydroxyl groups is 1. The predicted molar refractivity (Wildman–Crippen MR) is 204 cm³/mol. The van der Waals surface area contributed by atoms with Crippen LogP contribution in [-0.4, -0.2) is 89.5 Å². The smallest absolute Gasteiger partial charge is 0.475 e. The lowest BCUT2D eigenvalue weighted by molar-refractivity contribution is -0.192. The van der Waals surface area contributed by atoms with Crippen LogP contribution in [0.15, 0.2) is 65.7 Å². The summed E-state index contributed by atoms with van der Waals surface area (Å²) >= 11 is 0. The monoisotopic (exact) mass is 795 g/mol. The fraction of sp³-hybridized carbons (Fsp3) is 0.526. The molecule has 0 aliphatic carbocycles. The number of rotatable bonds is 21. The van der Waals surface area contributed by atoms with Gasteiger partial charge < -0.3 is 47.7 Å². The lowest BCUT2D eigenvalue weighted by Gasteiger charge is -2.31. The zero-order chi connectivity index (χ0) is 42.3. The molecule has 0 aromatic heterocycles. The van der Waals surface area contributed by atoms with Crippen molar-refractivity contribution in [3.8, 4) is 0 Å². The lowest BCUT2D eigenvalue weighted by atomic mass is 9.94. The van der Waals surface area contributed by atoms with Gasteiger partial charge in [0.15, 0.2) is 5.96 Å². The largest absolute Gasteiger partial charge is 0.490 e. The Balaban J connectivity index is 0.00000203. The highest BCUT2D eigenvalue weighted by Crippen LogP contribution is 2.15. The number of carboxylic acid groups (broad SMARTS) is 1. The molecule has 0 bridgehead atoms. The van der Waals surface area contributed by atoms with E-state index in [4.69, 9.17) is 26.1 Å². The number of alkyl halides is 3. The molecule has 5 atom stereocenters. The molecule has 2 aromatic carbocycles. The third-order valence-electron chi connectivity index (χ3n) is 8.29. The van der Waals surface area contributed by atoms with Crippen molar-refractivity contribution in [1.29, 1.82) is 0 Å². The number of hydrogen-bond acceptors (Lipinski definition) is 8. The van der Waals surface area contributed by atoms with Gasteiger partial charge in [0.25, 0.3) is 0 Å². The van der Waals surface area contributed by atoms with E-state index in [-0.39, 0.29) is 49.7 Å². The maximum Gasteiger partial charge on any atom is 0.490 e. The number of alkyl carbamates (subject to hydrolysis) is 1. The SMILES string of the molecule is CC[C@H](C)[C@H](NC(=O)[C@H](CCCN=C(N)N)NC(=O)OCc1ccccc1)C(=O)N[C@@H](CC(C)C)[C@@H](O)CC(=O)NCCc1ccccc1.O=C(O)C(F)(F)F. The van der Waals surface area contributed by atoms with Crippen molar-refractivity contribution in [3.05, 3.63) is 71.8 Å². The Morgan fingerprint density at radius 2 is 1.45 bits per heavy atom. The highest BCUT2D eigenvalue weighted by molar-refractivity contribution is 5.91. The summed E-state index contributed by atoms with van der Waals surface area (Å²) < 4.78 is 37.1. The van der Waals surface area contributed by atoms with Crippen molar-refractivity contribution in [3.63, 3.8) is 0 Å². The van der Waals surface area contributed by atoms with Crippen LogP contribution in [0.2, 0.25) is 0 Å². The number of ether oxygens (including phenoxy) is 1. The molecule has 0 saturated heterocycles. The summed E-state index contributed by atoms with van der Waals surface area (Å²) in [6.07, 6.45) is -5.07. The summed E-state index contributed by atoms with van der Waals surface area (Å²) in [5.74, 6) is -4.46. The van der Waals surface area contributed by atoms with Gasteiger partial charge in [-0.2, -0.15) is 13.2 Å². The van der Waals surface area contributed by atoms with Crippen LogP contribution in [0.1, 0.15) is 70.9 Å². The molecule has 2 aromatic rings. The highest BCUT2D eigenvalue weighted by Gasteiger charge is 2.38. The molecule has 15 nitrogen and oxygen atoms in total. The van der Waals surface area contributed by atoms with Crippen molar-refractivity contribution >= 4 is 35.7 Å². The fourth-order valence-corrected chi connectivity index (χ4v) is 5.12. The molecule has 0 spiro atoms. The van der Waals surface area contributed by atoms with Crippen molar-refractivity contribution in [1.82, 2.24) is 21.3 Å². The fourth-order valence-electron chi connectivity index (χ4n) is 5.12. The Morgan fingerprint density at radius 3 is 1.96 bits per heavy atom. The Kier molecular flexibility index (Phi) is 22.3. The van der Waals surface area contributed by atoms with Gasteiger partial charge in [0.05, 0.1) is 18.6 Å². The summed E-state index contributed by atoms with van der Waals surface area (Å²) in [7, 11) is 0. The van der Waals surface area contributed by atoms with Gasteiger partial charge in [0.1, 0.15) is 18.7 Å². The van der Waals surface area contributed by atoms with E-state index < -0.39 is 54.3 Å². The molecule has 0 heterocycles. The molecule has 18 heteroatoms. The minimum absolute atomic E-state index is 0.0114. The van der Waals surface area contributed by atoms with Gasteiger partial charge in [-0.15, -0.1) is 0 Å². The second kappa shape index (κ2) is 25.6. The normalized spacial score (nSPS) is 13.7. The first-order valence-corrected chi connectivity index (χ1v) is 18.3. The minimum Gasteiger partial charge on any atom is -0.475 e. The van der Waals surface area contributed by atoms with Crippen LogP contribution in [0.4, 0.5) is 18.0 Å². The van der Waals surface area contributed by atoms with Gasteiger partial charge >= 0.3 is 18.2 Å². The molecule has 56 heavy (non-hydrogen) atoms. The van der Waals surface area contributed by atoms with E-state index in [1.165, 1.54) is 0 Å². The maximum absolute atomic E-state index is 13.7. The Labute approximate surface area is 325 Å². The average Bonchev–Trinajstić information content (AvgIpc) is 3.13. The van der Waals surface area contributed by atoms with Gasteiger partial charge in [0, 0.05) is 13.1 Å². The van der Waals surface area contributed by atoms with Crippen molar-refractivity contribution in [2.75, 3.05) is 13.1 Å². The van der Waals surface area contributed by atoms with Crippen LogP contribution in [-0.2, 0) is 36.9 Å². The third-order valence-corrected chi connectivity index (χ3v) is 8.29. The quantitative estimate of drug-likeness (QED) is 0.0521. The van der Waals surface area contributed by atoms with E-state index in [1.54, 1.807) is 0 Å². The van der Waals surface area contributed by atoms with E-state index in [9.17, 15) is 37.5 Å². The number of benzene rings is 2. The minimum atomic E-state index is -5.08. The summed E-state index contributed by atoms with van der Waals surface area (Å²) in [5, 5.41) is 29.4. The molecule has 0 unspecified atom stereocenters. The second-order valence-corrected chi connectivity index (χ2v) is 13.5. The molecule has 0 fully saturated rings. The molecule has 10 N–H and O–H groups in total. The standard InChI is InChI=1S/C36H55N7O6.C2HF3O2/c1-5-25(4)32(34(47)41-29(21-24(2)3)30(44)22-31(45)39-20-18-26-13-8-6-9-14-26)43-33(46)28(17-12-19-40-35(37)38)42-36(48)49-23-27-15-10-7-11-16-27;3-2(4,5)1(6)7/h6-11,13-16,24-25,28-30,32,44H,5,12,17-23H2,1-4H3,(H,39,45)(H,41,47)(H,42,48)(H,43,46)(H4,37,38,40);(H,6,7)/t25-,28-,29-,30-,32-;/m0./s1. The number of carbonyl (C=O) groups excluding carboxylic acids is 4. The van der Waals surface area contributed by atoms with E-state index >= 15 is 0 Å². The Bertz CT molecular complexity index is 1530. The van der Waals surface area contributed by atoms with Crippen molar-refractivity contribution < 1.29 is 52.1 Å². The van der Waals surface area contributed by atoms with Gasteiger partial charge in [-0.3, -0.25) is 19.4 Å². The number of aliphatic carboxylic acids is 1. The first-order valence-electron chi connectivity index (χ1n) is 18.3. The summed E-state index contributed by atoms with van der Waals surface area (Å²) in [5.41, 5.74) is 12.7. The maximum atomic E-state index is 13.7. The Hall–Kier alpha value is -5.39. The molecule has 4 amide bonds. The molecular weight excluding hydrogens is 739 g/mol. The molecule has 312 valence electrons. The molecule has 0 aliphatic rings. The van der Waals surface area contributed by atoms with Gasteiger partial charge in [-0.1, -0.05) is 94.8 Å². The third kappa shape index (κ3) is 20.9. The summed E-state index contributed by atoms with van der Waals surface area (Å²) in [4.78, 5) is 65.6. The van der Waals surface area contributed by atoms with Crippen molar-refractivity contribution in [2.24, 2.45) is 28.3 Å². The van der Waals surface area contributed by atoms with Crippen LogP contribution < -0.4 is 32.7 Å². The van der Waals surface area contributed by atoms with Crippen LogP contribution in [0.3, 0.4) is 0 Å². The number of amides is 4. The zero-order valence-corrected chi connectivity index (χ0v) is 32.2. The number of carboxylic acids is 1. The second-order valence-electron chi connectivity index (χ2n) is 13.5. The number of guanidine groups is 1. The highest BCUT2D eigenvalue weighted by atomic mass is 19.4. The van der Waals surface area contributed by atoms with E-state index in [0.29, 0.717) is 32.2 Å². The van der Waals surface area contributed by atoms with Crippen molar-refractivity contribution in [2.45, 2.75) is 103 Å². The van der Waals surface area contributed by atoms with E-state index in [0.717, 1.165) is 11.1 Å². The zero-order valence-electron chi connectivity index (χ0n) is 32.2. The van der Waals surface area contributed by atoms with Gasteiger partial charge in [0.2, 0.25) is 17.7 Å². The summed E-state index contributed by atoms with van der Waals surface area (Å²) in [6.45, 7) is 8.29. The first-order chi connectivity index (χ1) is 26.3. The van der Waals surface area contributed by atoms with E-state index in [2.05, 4.69) is 26.3 Å². The number of aliphatic imine (C=N–C) groups is 1. The average molecular weight is 796 g/mol. The molecule has 2 rings (SSSR count). The number of hydrogen-bond donors (Lipinski definition) is 8. The summed E-state index contributed by atoms with van der Waals surface area (Å²) in [6, 6.07) is 16.1. The van der Waals surface area contributed by atoms with Gasteiger partial charge in [-0.25, -0.2) is 9.59 Å². The molecular formula is C38H56F3N7O8. The van der Waals surface area contributed by atoms with E-state index in [1.807, 2.05) is 88.4 Å². The van der Waals surface area contributed by atoms with Crippen LogP contribution >= 0.6 is 0 Å². The number of aliphatic hydroxyl groups excluding tert-OH is 1. The Morgan fingerprint density at radius 1 is 0.875 bits per heavy atom. The van der Waals surface area contributed by atoms with Crippen LogP contribution in [0.5, 0.6) is 0 Å². The molecule has 0 saturated carbocycles. The topological polar surface area (TPSA) is 248 Å². The predicted octanol–water partition coefficient (Wildman–Crippen LogP) is 3.14. The molecule has 0 radical (unpaired) electrons. The molecule has 0 aliphatic heterocycles. The van der Waals surface area contributed by atoms with Crippen LogP contribution in [0.25, 0.3) is 0 Å². The van der Waals surface area contributed by atoms with Gasteiger partial charge in [-0.05, 0) is 48.6 Å². The number of nitrogens with two attached hydrogens (primary N) is 2. The van der Waals surface area contributed by atoms with Crippen LogP contribution in [0, 0.1) is 11.8 Å². The first kappa shape index (κ1) is 48.6. The number of halogens is 3.